The number of methoxy groups -OCH3 is 1. The van der Waals surface area contributed by atoms with Crippen LogP contribution < -0.4 is 10.1 Å². The van der Waals surface area contributed by atoms with E-state index in [0.29, 0.717) is 28.7 Å². The van der Waals surface area contributed by atoms with E-state index < -0.39 is 0 Å². The van der Waals surface area contributed by atoms with Crippen molar-refractivity contribution < 1.29 is 13.9 Å². The van der Waals surface area contributed by atoms with Crippen LogP contribution in [-0.4, -0.2) is 19.6 Å². The van der Waals surface area contributed by atoms with E-state index in [2.05, 4.69) is 11.9 Å². The zero-order chi connectivity index (χ0) is 14.5. The second-order valence-corrected chi connectivity index (χ2v) is 4.48. The van der Waals surface area contributed by atoms with Crippen LogP contribution in [0.2, 0.25) is 5.02 Å². The Morgan fingerprint density at radius 1 is 1.50 bits per heavy atom. The molecular formula is C15H14ClNO3. The molecule has 0 atom stereocenters. The van der Waals surface area contributed by atoms with Crippen molar-refractivity contribution in [1.82, 2.24) is 5.32 Å². The first-order valence-corrected chi connectivity index (χ1v) is 6.35. The van der Waals surface area contributed by atoms with E-state index in [1.54, 1.807) is 37.5 Å². The van der Waals surface area contributed by atoms with Gasteiger partial charge in [-0.05, 0) is 18.2 Å². The number of hydrogen-bond donors (Lipinski definition) is 1. The minimum Gasteiger partial charge on any atom is -0.493 e. The Hall–Kier alpha value is -2.20. The second-order valence-electron chi connectivity index (χ2n) is 4.04. The average Bonchev–Trinajstić information content (AvgIpc) is 2.84. The summed E-state index contributed by atoms with van der Waals surface area (Å²) in [6, 6.07) is 5.25. The van der Waals surface area contributed by atoms with E-state index in [9.17, 15) is 4.79 Å². The van der Waals surface area contributed by atoms with E-state index in [4.69, 9.17) is 20.8 Å². The summed E-state index contributed by atoms with van der Waals surface area (Å²) in [6.07, 6.45) is 4.60. The van der Waals surface area contributed by atoms with Crippen LogP contribution in [0.1, 0.15) is 5.76 Å². The van der Waals surface area contributed by atoms with Crippen LogP contribution in [0, 0.1) is 0 Å². The molecule has 5 heteroatoms. The SMILES string of the molecule is C=CCNC(=O)/C=C/c1cc2cc(Cl)cc(OC)c2o1. The molecule has 0 aliphatic carbocycles. The zero-order valence-corrected chi connectivity index (χ0v) is 11.7. The highest BCUT2D eigenvalue weighted by Gasteiger charge is 2.09. The number of amides is 1. The Morgan fingerprint density at radius 3 is 3.00 bits per heavy atom. The molecule has 0 unspecified atom stereocenters. The highest BCUT2D eigenvalue weighted by molar-refractivity contribution is 6.31. The Labute approximate surface area is 121 Å². The lowest BCUT2D eigenvalue weighted by atomic mass is 10.2. The Bertz CT molecular complexity index is 673. The van der Waals surface area contributed by atoms with E-state index in [0.717, 1.165) is 5.39 Å². The molecule has 1 N–H and O–H groups in total. The first-order chi connectivity index (χ1) is 9.63. The van der Waals surface area contributed by atoms with Gasteiger partial charge in [0.2, 0.25) is 5.91 Å². The molecule has 2 aromatic rings. The van der Waals surface area contributed by atoms with E-state index in [-0.39, 0.29) is 5.91 Å². The van der Waals surface area contributed by atoms with E-state index in [1.807, 2.05) is 0 Å². The van der Waals surface area contributed by atoms with E-state index >= 15 is 0 Å². The summed E-state index contributed by atoms with van der Waals surface area (Å²) in [5.74, 6) is 0.896. The minimum absolute atomic E-state index is 0.213. The largest absolute Gasteiger partial charge is 0.493 e. The zero-order valence-electron chi connectivity index (χ0n) is 11.0. The molecule has 1 heterocycles. The summed E-state index contributed by atoms with van der Waals surface area (Å²) in [4.78, 5) is 11.4. The summed E-state index contributed by atoms with van der Waals surface area (Å²) >= 11 is 5.98. The number of hydrogen-bond acceptors (Lipinski definition) is 3. The summed E-state index contributed by atoms with van der Waals surface area (Å²) < 4.78 is 10.8. The highest BCUT2D eigenvalue weighted by Crippen LogP contribution is 2.32. The standard InChI is InChI=1S/C15H14ClNO3/c1-3-6-17-14(18)5-4-12-8-10-7-11(16)9-13(19-2)15(10)20-12/h3-5,7-9H,1,6H2,2H3,(H,17,18)/b5-4+. The highest BCUT2D eigenvalue weighted by atomic mass is 35.5. The number of halogens is 1. The average molecular weight is 292 g/mol. The molecule has 104 valence electrons. The summed E-state index contributed by atoms with van der Waals surface area (Å²) in [6.45, 7) is 3.95. The second kappa shape index (κ2) is 6.30. The number of carbonyl (C=O) groups excluding carboxylic acids is 1. The molecule has 0 saturated carbocycles. The van der Waals surface area contributed by atoms with Crippen molar-refractivity contribution in [2.45, 2.75) is 0 Å². The number of carbonyl (C=O) groups is 1. The van der Waals surface area contributed by atoms with Gasteiger partial charge in [0.25, 0.3) is 0 Å². The van der Waals surface area contributed by atoms with Gasteiger partial charge in [-0.15, -0.1) is 6.58 Å². The number of ether oxygens (including phenoxy) is 1. The van der Waals surface area contributed by atoms with Gasteiger partial charge >= 0.3 is 0 Å². The summed E-state index contributed by atoms with van der Waals surface area (Å²) in [5, 5.41) is 4.02. The number of benzene rings is 1. The monoisotopic (exact) mass is 291 g/mol. The number of fused-ring (bicyclic) bond motifs is 1. The normalized spacial score (nSPS) is 10.9. The lowest BCUT2D eigenvalue weighted by molar-refractivity contribution is -0.116. The van der Waals surface area contributed by atoms with Crippen LogP contribution in [0.15, 0.2) is 41.3 Å². The third kappa shape index (κ3) is 3.22. The van der Waals surface area contributed by atoms with Gasteiger partial charge in [0.1, 0.15) is 5.76 Å². The Kier molecular flexibility index (Phi) is 4.48. The molecule has 1 aromatic carbocycles. The van der Waals surface area contributed by atoms with Crippen molar-refractivity contribution in [3.8, 4) is 5.75 Å². The molecule has 1 amide bonds. The molecule has 0 bridgehead atoms. The maximum Gasteiger partial charge on any atom is 0.244 e. The van der Waals surface area contributed by atoms with Crippen molar-refractivity contribution in [1.29, 1.82) is 0 Å². The number of nitrogens with one attached hydrogen (secondary N) is 1. The molecule has 0 fully saturated rings. The van der Waals surface area contributed by atoms with Crippen LogP contribution in [0.3, 0.4) is 0 Å². The van der Waals surface area contributed by atoms with Gasteiger partial charge in [0, 0.05) is 29.1 Å². The van der Waals surface area contributed by atoms with Crippen LogP contribution in [-0.2, 0) is 4.79 Å². The lowest BCUT2D eigenvalue weighted by Gasteiger charge is -2.00. The van der Waals surface area contributed by atoms with Crippen molar-refractivity contribution >= 4 is 34.6 Å². The first-order valence-electron chi connectivity index (χ1n) is 5.98. The van der Waals surface area contributed by atoms with E-state index in [1.165, 1.54) is 6.08 Å². The summed E-state index contributed by atoms with van der Waals surface area (Å²) in [5.41, 5.74) is 0.600. The third-order valence-corrected chi connectivity index (χ3v) is 2.82. The fourth-order valence-electron chi connectivity index (χ4n) is 1.73. The van der Waals surface area contributed by atoms with Gasteiger partial charge < -0.3 is 14.5 Å². The molecule has 0 radical (unpaired) electrons. The Morgan fingerprint density at radius 2 is 2.30 bits per heavy atom. The van der Waals surface area contributed by atoms with Crippen LogP contribution in [0.4, 0.5) is 0 Å². The molecule has 0 saturated heterocycles. The quantitative estimate of drug-likeness (QED) is 0.678. The Balaban J connectivity index is 2.26. The predicted molar refractivity (Wildman–Crippen MR) is 80.0 cm³/mol. The number of rotatable bonds is 5. The summed E-state index contributed by atoms with van der Waals surface area (Å²) in [7, 11) is 1.55. The number of furan rings is 1. The molecule has 20 heavy (non-hydrogen) atoms. The van der Waals surface area contributed by atoms with Gasteiger partial charge in [-0.25, -0.2) is 0 Å². The van der Waals surface area contributed by atoms with Crippen molar-refractivity contribution in [2.75, 3.05) is 13.7 Å². The topological polar surface area (TPSA) is 51.5 Å². The lowest BCUT2D eigenvalue weighted by Crippen LogP contribution is -2.20. The molecule has 2 rings (SSSR count). The maximum absolute atomic E-state index is 11.4. The third-order valence-electron chi connectivity index (χ3n) is 2.61. The molecule has 0 spiro atoms. The molecular weight excluding hydrogens is 278 g/mol. The predicted octanol–water partition coefficient (Wildman–Crippen LogP) is 3.41. The van der Waals surface area contributed by atoms with Gasteiger partial charge in [0.05, 0.1) is 7.11 Å². The van der Waals surface area contributed by atoms with Crippen LogP contribution in [0.25, 0.3) is 17.0 Å². The van der Waals surface area contributed by atoms with Crippen molar-refractivity contribution in [3.63, 3.8) is 0 Å². The van der Waals surface area contributed by atoms with Crippen molar-refractivity contribution in [2.24, 2.45) is 0 Å². The maximum atomic E-state index is 11.4. The fourth-order valence-corrected chi connectivity index (χ4v) is 1.95. The van der Waals surface area contributed by atoms with Gasteiger partial charge in [-0.3, -0.25) is 4.79 Å². The first kappa shape index (κ1) is 14.2. The molecule has 0 aliphatic heterocycles. The van der Waals surface area contributed by atoms with Crippen LogP contribution in [0.5, 0.6) is 5.75 Å². The van der Waals surface area contributed by atoms with Gasteiger partial charge in [-0.2, -0.15) is 0 Å². The van der Waals surface area contributed by atoms with Gasteiger partial charge in [0.15, 0.2) is 11.3 Å². The van der Waals surface area contributed by atoms with Crippen LogP contribution >= 0.6 is 11.6 Å². The molecule has 4 nitrogen and oxygen atoms in total. The molecule has 0 aliphatic rings. The molecule has 1 aromatic heterocycles. The van der Waals surface area contributed by atoms with Crippen molar-refractivity contribution in [3.05, 3.63) is 47.7 Å². The fraction of sp³-hybridized carbons (Fsp3) is 0.133. The minimum atomic E-state index is -0.213. The van der Waals surface area contributed by atoms with Gasteiger partial charge in [-0.1, -0.05) is 17.7 Å². The smallest absolute Gasteiger partial charge is 0.244 e.